The van der Waals surface area contributed by atoms with E-state index in [9.17, 15) is 18.0 Å². The average molecular weight is 334 g/mol. The molecule has 118 valence electrons. The summed E-state index contributed by atoms with van der Waals surface area (Å²) in [5.41, 5.74) is -0.404. The van der Waals surface area contributed by atoms with Gasteiger partial charge < -0.3 is 5.32 Å². The molecule has 0 bridgehead atoms. The highest BCUT2D eigenvalue weighted by molar-refractivity contribution is 6.29. The molecule has 2 aromatic rings. The first-order valence-electron chi connectivity index (χ1n) is 6.15. The molecule has 22 heavy (non-hydrogen) atoms. The third kappa shape index (κ3) is 3.19. The topological polar surface area (TPSA) is 72.7 Å². The molecule has 0 aliphatic carbocycles. The fraction of sp³-hybridized carbons (Fsp3) is 0.333. The van der Waals surface area contributed by atoms with Gasteiger partial charge in [-0.25, -0.2) is 9.55 Å². The normalized spacial score (nSPS) is 11.8. The van der Waals surface area contributed by atoms with E-state index in [2.05, 4.69) is 20.5 Å². The Morgan fingerprint density at radius 3 is 2.55 bits per heavy atom. The number of rotatable bonds is 3. The van der Waals surface area contributed by atoms with Crippen molar-refractivity contribution in [1.82, 2.24) is 19.7 Å². The van der Waals surface area contributed by atoms with Gasteiger partial charge in [0.25, 0.3) is 5.91 Å². The minimum absolute atomic E-state index is 0.0983. The van der Waals surface area contributed by atoms with E-state index < -0.39 is 23.4 Å². The van der Waals surface area contributed by atoms with Crippen LogP contribution in [0, 0.1) is 0 Å². The van der Waals surface area contributed by atoms with Crippen molar-refractivity contribution < 1.29 is 18.0 Å². The first-order valence-corrected chi connectivity index (χ1v) is 6.53. The maximum atomic E-state index is 13.1. The lowest BCUT2D eigenvalue weighted by Crippen LogP contribution is -2.22. The highest BCUT2D eigenvalue weighted by atomic mass is 35.5. The maximum absolute atomic E-state index is 13.1. The lowest BCUT2D eigenvalue weighted by atomic mass is 10.1. The van der Waals surface area contributed by atoms with Gasteiger partial charge in [0, 0.05) is 0 Å². The van der Waals surface area contributed by atoms with E-state index in [-0.39, 0.29) is 21.6 Å². The molecule has 0 spiro atoms. The fourth-order valence-electron chi connectivity index (χ4n) is 1.90. The second kappa shape index (κ2) is 5.91. The van der Waals surface area contributed by atoms with Crippen LogP contribution in [0.15, 0.2) is 18.5 Å². The zero-order chi connectivity index (χ0) is 16.5. The van der Waals surface area contributed by atoms with Crippen LogP contribution >= 0.6 is 11.6 Å². The van der Waals surface area contributed by atoms with E-state index in [1.807, 2.05) is 0 Å². The van der Waals surface area contributed by atoms with Gasteiger partial charge in [0.2, 0.25) is 5.28 Å². The van der Waals surface area contributed by atoms with E-state index in [0.717, 1.165) is 0 Å². The molecule has 0 atom stereocenters. The first kappa shape index (κ1) is 16.2. The minimum Gasteiger partial charge on any atom is -0.319 e. The second-order valence-corrected chi connectivity index (χ2v) is 5.00. The lowest BCUT2D eigenvalue weighted by Gasteiger charge is -2.15. The van der Waals surface area contributed by atoms with Gasteiger partial charge >= 0.3 is 6.30 Å². The van der Waals surface area contributed by atoms with Crippen molar-refractivity contribution >= 4 is 23.2 Å². The number of amides is 1. The zero-order valence-corrected chi connectivity index (χ0v) is 12.3. The van der Waals surface area contributed by atoms with Crippen molar-refractivity contribution in [1.29, 1.82) is 0 Å². The molecule has 0 radical (unpaired) electrons. The summed E-state index contributed by atoms with van der Waals surface area (Å²) in [7, 11) is 0. The maximum Gasteiger partial charge on any atom is 0.491 e. The molecular formula is C12H11ClF3N5O. The van der Waals surface area contributed by atoms with Gasteiger partial charge in [-0.05, 0) is 23.6 Å². The molecule has 0 fully saturated rings. The van der Waals surface area contributed by atoms with Crippen LogP contribution in [0.4, 0.5) is 18.9 Å². The van der Waals surface area contributed by atoms with Crippen molar-refractivity contribution in [2.24, 2.45) is 0 Å². The number of anilines is 1. The summed E-state index contributed by atoms with van der Waals surface area (Å²) >= 11 is 5.56. The number of aromatic nitrogens is 4. The Hall–Kier alpha value is -2.16. The number of halogens is 4. The summed E-state index contributed by atoms with van der Waals surface area (Å²) in [6.45, 7) is 3.03. The summed E-state index contributed by atoms with van der Waals surface area (Å²) in [5.74, 6) is -1.42. The van der Waals surface area contributed by atoms with Crippen molar-refractivity contribution in [3.05, 3.63) is 35.1 Å². The molecule has 1 N–H and O–H groups in total. The zero-order valence-electron chi connectivity index (χ0n) is 11.5. The number of hydrogen-bond acceptors (Lipinski definition) is 4. The number of carbonyl (C=O) groups excluding carboxylic acids is 1. The quantitative estimate of drug-likeness (QED) is 0.936. The van der Waals surface area contributed by atoms with Crippen LogP contribution in [-0.4, -0.2) is 25.7 Å². The second-order valence-electron chi connectivity index (χ2n) is 4.66. The number of alkyl halides is 3. The lowest BCUT2D eigenvalue weighted by molar-refractivity contribution is -0.205. The predicted octanol–water partition coefficient (Wildman–Crippen LogP) is 3.18. The Labute approximate surface area is 128 Å². The third-order valence-corrected chi connectivity index (χ3v) is 2.98. The Morgan fingerprint density at radius 1 is 1.36 bits per heavy atom. The van der Waals surface area contributed by atoms with Gasteiger partial charge in [0.15, 0.2) is 5.69 Å². The summed E-state index contributed by atoms with van der Waals surface area (Å²) in [5, 5.41) is 8.68. The summed E-state index contributed by atoms with van der Waals surface area (Å²) in [4.78, 5) is 15.7. The molecule has 6 nitrogen and oxygen atoms in total. The van der Waals surface area contributed by atoms with Crippen LogP contribution in [0.1, 0.15) is 35.9 Å². The van der Waals surface area contributed by atoms with Gasteiger partial charge in [-0.15, -0.1) is 13.2 Å². The molecule has 2 heterocycles. The molecule has 10 heteroatoms. The molecule has 0 aromatic carbocycles. The van der Waals surface area contributed by atoms with E-state index in [1.54, 1.807) is 0 Å². The van der Waals surface area contributed by atoms with Gasteiger partial charge in [-0.2, -0.15) is 10.2 Å². The number of nitrogens with one attached hydrogen (secondary N) is 1. The van der Waals surface area contributed by atoms with Gasteiger partial charge in [0.1, 0.15) is 0 Å². The molecular weight excluding hydrogens is 323 g/mol. The molecule has 0 aliphatic heterocycles. The van der Waals surface area contributed by atoms with Crippen LogP contribution in [-0.2, 0) is 6.30 Å². The molecule has 2 aromatic heterocycles. The van der Waals surface area contributed by atoms with Crippen molar-refractivity contribution in [3.63, 3.8) is 0 Å². The van der Waals surface area contributed by atoms with Crippen LogP contribution < -0.4 is 5.32 Å². The third-order valence-electron chi connectivity index (χ3n) is 2.73. The Bertz CT molecular complexity index is 684. The van der Waals surface area contributed by atoms with E-state index in [0.29, 0.717) is 0 Å². The number of carbonyl (C=O) groups is 1. The largest absolute Gasteiger partial charge is 0.491 e. The van der Waals surface area contributed by atoms with E-state index in [4.69, 9.17) is 11.6 Å². The monoisotopic (exact) mass is 333 g/mol. The summed E-state index contributed by atoms with van der Waals surface area (Å²) < 4.78 is 39.1. The van der Waals surface area contributed by atoms with Crippen molar-refractivity contribution in [2.75, 3.05) is 5.32 Å². The Balaban J connectivity index is 2.45. The standard InChI is InChI=1S/C12H11ClF3N5O/c1-6(2)9-8(20-11(13)21(9)12(14,15)16)10(22)19-7-3-4-17-18-5-7/h3-6H,1-2H3,(H,17,19,22). The number of imidazole rings is 1. The van der Waals surface area contributed by atoms with E-state index in [1.165, 1.54) is 32.3 Å². The van der Waals surface area contributed by atoms with E-state index >= 15 is 0 Å². The molecule has 1 amide bonds. The highest BCUT2D eigenvalue weighted by Crippen LogP contribution is 2.34. The van der Waals surface area contributed by atoms with Crippen LogP contribution in [0.2, 0.25) is 5.28 Å². The SMILES string of the molecule is CC(C)c1c(C(=O)Nc2ccnnc2)nc(Cl)n1C(F)(F)F. The smallest absolute Gasteiger partial charge is 0.319 e. The van der Waals surface area contributed by atoms with Crippen molar-refractivity contribution in [2.45, 2.75) is 26.1 Å². The average Bonchev–Trinajstić information content (AvgIpc) is 2.77. The minimum atomic E-state index is -4.76. The van der Waals surface area contributed by atoms with Crippen LogP contribution in [0.3, 0.4) is 0 Å². The Kier molecular flexibility index (Phi) is 4.36. The van der Waals surface area contributed by atoms with Crippen LogP contribution in [0.25, 0.3) is 0 Å². The first-order chi connectivity index (χ1) is 10.2. The predicted molar refractivity (Wildman–Crippen MR) is 72.6 cm³/mol. The Morgan fingerprint density at radius 2 is 2.05 bits per heavy atom. The molecule has 0 aliphatic rings. The van der Waals surface area contributed by atoms with Crippen molar-refractivity contribution in [3.8, 4) is 0 Å². The number of nitrogens with zero attached hydrogens (tertiary/aromatic N) is 4. The molecule has 0 unspecified atom stereocenters. The van der Waals surface area contributed by atoms with Crippen LogP contribution in [0.5, 0.6) is 0 Å². The molecule has 0 saturated carbocycles. The van der Waals surface area contributed by atoms with Gasteiger partial charge in [0.05, 0.1) is 23.8 Å². The summed E-state index contributed by atoms with van der Waals surface area (Å²) in [6.07, 6.45) is -2.17. The van der Waals surface area contributed by atoms with Gasteiger partial charge in [-0.1, -0.05) is 13.8 Å². The fourth-order valence-corrected chi connectivity index (χ4v) is 2.17. The molecule has 2 rings (SSSR count). The number of hydrogen-bond donors (Lipinski definition) is 1. The summed E-state index contributed by atoms with van der Waals surface area (Å²) in [6, 6.07) is 1.45. The van der Waals surface area contributed by atoms with Gasteiger partial charge in [-0.3, -0.25) is 4.79 Å². The molecule has 0 saturated heterocycles. The highest BCUT2D eigenvalue weighted by Gasteiger charge is 2.39.